The van der Waals surface area contributed by atoms with E-state index in [2.05, 4.69) is 102 Å². The lowest BCUT2D eigenvalue weighted by Gasteiger charge is -2.36. The van der Waals surface area contributed by atoms with Crippen molar-refractivity contribution < 1.29 is 27.8 Å². The highest BCUT2D eigenvalue weighted by molar-refractivity contribution is 6.31. The highest BCUT2D eigenvalue weighted by Gasteiger charge is 2.23. The summed E-state index contributed by atoms with van der Waals surface area (Å²) in [5, 5.41) is 0.940. The van der Waals surface area contributed by atoms with Gasteiger partial charge in [0.25, 0.3) is 0 Å². The molecule has 2 aromatic heterocycles. The Kier molecular flexibility index (Phi) is 22.0. The van der Waals surface area contributed by atoms with E-state index in [4.69, 9.17) is 32.7 Å². The Balaban J connectivity index is 0.000000221. The van der Waals surface area contributed by atoms with Crippen LogP contribution in [0.5, 0.6) is 0 Å². The Labute approximate surface area is 458 Å². The molecule has 404 valence electrons. The van der Waals surface area contributed by atoms with Crippen LogP contribution in [-0.2, 0) is 71.5 Å². The van der Waals surface area contributed by atoms with Crippen LogP contribution in [0.15, 0.2) is 122 Å². The lowest BCUT2D eigenvalue weighted by molar-refractivity contribution is -0.148. The largest absolute Gasteiger partial charge is 0.461 e. The van der Waals surface area contributed by atoms with Crippen LogP contribution in [0.4, 0.5) is 20.4 Å². The molecular weight excluding hydrogens is 1010 g/mol. The van der Waals surface area contributed by atoms with E-state index in [1.165, 1.54) is 41.3 Å². The fourth-order valence-corrected chi connectivity index (χ4v) is 9.74. The number of piperazine rings is 2. The van der Waals surface area contributed by atoms with Crippen LogP contribution in [-0.4, -0.2) is 107 Å². The molecule has 0 aliphatic carbocycles. The normalized spacial score (nSPS) is 14.3. The van der Waals surface area contributed by atoms with E-state index in [1.807, 2.05) is 38.1 Å². The summed E-state index contributed by atoms with van der Waals surface area (Å²) in [6, 6.07) is 34.8. The van der Waals surface area contributed by atoms with Crippen molar-refractivity contribution in [2.24, 2.45) is 5.92 Å². The zero-order valence-electron chi connectivity index (χ0n) is 44.6. The number of hydrogen-bond donors (Lipinski definition) is 0. The van der Waals surface area contributed by atoms with Gasteiger partial charge in [-0.3, -0.25) is 29.2 Å². The molecular formula is C60H72Cl2F2N8O4. The number of carbonyl (C=O) groups excluding carboxylic acids is 2. The summed E-state index contributed by atoms with van der Waals surface area (Å²) in [5.41, 5.74) is 7.89. The summed E-state index contributed by atoms with van der Waals surface area (Å²) in [4.78, 5) is 46.1. The average molecular weight is 1080 g/mol. The van der Waals surface area contributed by atoms with E-state index in [0.717, 1.165) is 114 Å². The molecule has 0 radical (unpaired) electrons. The highest BCUT2D eigenvalue weighted by atomic mass is 35.5. The van der Waals surface area contributed by atoms with Crippen LogP contribution in [0, 0.1) is 17.6 Å². The van der Waals surface area contributed by atoms with Crippen molar-refractivity contribution in [2.75, 3.05) is 75.2 Å². The third kappa shape index (κ3) is 17.0. The van der Waals surface area contributed by atoms with Crippen LogP contribution in [0.3, 0.4) is 0 Å². The Hall–Kier alpha value is -6.00. The molecule has 6 aromatic rings. The van der Waals surface area contributed by atoms with E-state index >= 15 is 0 Å². The number of rotatable bonds is 21. The lowest BCUT2D eigenvalue weighted by Crippen LogP contribution is -2.46. The molecule has 2 fully saturated rings. The quantitative estimate of drug-likeness (QED) is 0.0642. The van der Waals surface area contributed by atoms with E-state index < -0.39 is 0 Å². The number of hydrogen-bond acceptors (Lipinski definition) is 12. The summed E-state index contributed by atoms with van der Waals surface area (Å²) in [7, 11) is 0. The molecule has 2 aliphatic heterocycles. The van der Waals surface area contributed by atoms with Crippen LogP contribution in [0.1, 0.15) is 79.1 Å². The fourth-order valence-electron chi connectivity index (χ4n) is 9.29. The van der Waals surface area contributed by atoms with Gasteiger partial charge >= 0.3 is 11.9 Å². The first kappa shape index (κ1) is 57.7. The summed E-state index contributed by atoms with van der Waals surface area (Å²) in [5.74, 6) is 0.640. The molecule has 2 aliphatic rings. The SMILES string of the molecule is CCN(Cc1ccc(CN2CCN(c3ncccc3COC(=O)C(C)C)CC2)cc1)Cc1c(F)cccc1Cl.CCN(Cc1ccc(CN2CCN(c3ncccc3COC(C)=O)CC2)cc1)Cc1c(F)cccc1Cl. The van der Waals surface area contributed by atoms with Crippen LogP contribution < -0.4 is 9.80 Å². The van der Waals surface area contributed by atoms with Gasteiger partial charge in [-0.1, -0.05) is 124 Å². The van der Waals surface area contributed by atoms with Gasteiger partial charge in [0.05, 0.1) is 5.92 Å². The molecule has 0 atom stereocenters. The molecule has 0 spiro atoms. The maximum atomic E-state index is 14.3. The van der Waals surface area contributed by atoms with Crippen molar-refractivity contribution in [3.05, 3.63) is 188 Å². The first-order valence-electron chi connectivity index (χ1n) is 26.3. The smallest absolute Gasteiger partial charge is 0.308 e. The van der Waals surface area contributed by atoms with Crippen molar-refractivity contribution in [1.82, 2.24) is 29.6 Å². The molecule has 0 saturated carbocycles. The number of ether oxygens (including phenoxy) is 2. The van der Waals surface area contributed by atoms with Crippen molar-refractivity contribution in [3.63, 3.8) is 0 Å². The number of benzene rings is 4. The number of anilines is 2. The van der Waals surface area contributed by atoms with Gasteiger partial charge in [-0.15, -0.1) is 0 Å². The zero-order chi connectivity index (χ0) is 54.0. The van der Waals surface area contributed by atoms with Crippen LogP contribution in [0.2, 0.25) is 10.0 Å². The van der Waals surface area contributed by atoms with Crippen molar-refractivity contribution >= 4 is 46.8 Å². The van der Waals surface area contributed by atoms with Gasteiger partial charge in [0.2, 0.25) is 0 Å². The maximum absolute atomic E-state index is 14.3. The predicted molar refractivity (Wildman–Crippen MR) is 299 cm³/mol. The minimum absolute atomic E-state index is 0.147. The number of carbonyl (C=O) groups is 2. The van der Waals surface area contributed by atoms with E-state index in [9.17, 15) is 18.4 Å². The van der Waals surface area contributed by atoms with Gasteiger partial charge in [0, 0.05) is 143 Å². The molecule has 12 nitrogen and oxygen atoms in total. The second kappa shape index (κ2) is 28.9. The minimum atomic E-state index is -0.289. The van der Waals surface area contributed by atoms with E-state index in [-0.39, 0.29) is 42.7 Å². The number of esters is 2. The van der Waals surface area contributed by atoms with Gasteiger partial charge in [-0.2, -0.15) is 0 Å². The molecule has 76 heavy (non-hydrogen) atoms. The molecule has 8 rings (SSSR count). The fraction of sp³-hybridized carbons (Fsp3) is 0.400. The van der Waals surface area contributed by atoms with Gasteiger partial charge in [-0.25, -0.2) is 18.7 Å². The van der Waals surface area contributed by atoms with Gasteiger partial charge in [0.15, 0.2) is 0 Å². The Morgan fingerprint density at radius 1 is 0.553 bits per heavy atom. The third-order valence-corrected chi connectivity index (χ3v) is 14.5. The lowest BCUT2D eigenvalue weighted by atomic mass is 10.1. The molecule has 0 N–H and O–H groups in total. The third-order valence-electron chi connectivity index (χ3n) is 13.8. The molecule has 0 bridgehead atoms. The molecule has 4 heterocycles. The second-order valence-electron chi connectivity index (χ2n) is 19.7. The summed E-state index contributed by atoms with van der Waals surface area (Å²) in [6.07, 6.45) is 3.58. The molecule has 16 heteroatoms. The Bertz CT molecular complexity index is 2750. The van der Waals surface area contributed by atoms with Gasteiger partial charge in [-0.05, 0) is 71.7 Å². The Morgan fingerprint density at radius 3 is 1.32 bits per heavy atom. The van der Waals surface area contributed by atoms with Crippen molar-refractivity contribution in [1.29, 1.82) is 0 Å². The summed E-state index contributed by atoms with van der Waals surface area (Å²) >= 11 is 12.5. The van der Waals surface area contributed by atoms with E-state index in [1.54, 1.807) is 36.7 Å². The predicted octanol–water partition coefficient (Wildman–Crippen LogP) is 11.2. The second-order valence-corrected chi connectivity index (χ2v) is 20.5. The molecule has 0 amide bonds. The number of nitrogens with zero attached hydrogens (tertiary/aromatic N) is 8. The van der Waals surface area contributed by atoms with Gasteiger partial charge < -0.3 is 19.3 Å². The highest BCUT2D eigenvalue weighted by Crippen LogP contribution is 2.26. The first-order valence-corrected chi connectivity index (χ1v) is 27.1. The van der Waals surface area contributed by atoms with E-state index in [0.29, 0.717) is 34.3 Å². The first-order chi connectivity index (χ1) is 36.8. The van der Waals surface area contributed by atoms with Crippen molar-refractivity contribution in [3.8, 4) is 0 Å². The topological polar surface area (TPSA) is 97.8 Å². The Morgan fingerprint density at radius 2 is 0.947 bits per heavy atom. The standard InChI is InChI=1S/C31H38ClFN4O2.C29H34ClFN4O2/c1-4-35(21-27-28(32)8-5-9-29(27)33)19-24-10-12-25(13-11-24)20-36-15-17-37(18-16-36)30-26(7-6-14-34-30)22-39-31(38)23(2)3;1-3-33(20-26-27(30)7-4-8-28(26)31)18-23-9-11-24(12-10-23)19-34-14-16-35(17-15-34)29-25(6-5-13-32-29)21-37-22(2)36/h5-14,23H,4,15-22H2,1-3H3;4-13H,3,14-21H2,1-2H3. The van der Waals surface area contributed by atoms with Crippen LogP contribution in [0.25, 0.3) is 0 Å². The van der Waals surface area contributed by atoms with Crippen LogP contribution >= 0.6 is 23.2 Å². The van der Waals surface area contributed by atoms with Gasteiger partial charge in [0.1, 0.15) is 36.5 Å². The summed E-state index contributed by atoms with van der Waals surface area (Å²) < 4.78 is 39.1. The maximum Gasteiger partial charge on any atom is 0.308 e. The van der Waals surface area contributed by atoms with Crippen molar-refractivity contribution in [2.45, 2.75) is 87.1 Å². The monoisotopic (exact) mass is 1080 g/mol. The minimum Gasteiger partial charge on any atom is -0.461 e. The molecule has 2 saturated heterocycles. The number of aromatic nitrogens is 2. The molecule has 0 unspecified atom stereocenters. The molecule has 4 aromatic carbocycles. The number of halogens is 4. The summed E-state index contributed by atoms with van der Waals surface area (Å²) in [6.45, 7) is 22.7. The average Bonchev–Trinajstić information content (AvgIpc) is 3.43. The zero-order valence-corrected chi connectivity index (χ0v) is 46.1. The number of pyridine rings is 2.